The van der Waals surface area contributed by atoms with Crippen LogP contribution in [0.1, 0.15) is 34.8 Å². The summed E-state index contributed by atoms with van der Waals surface area (Å²) in [5.41, 5.74) is 3.63. The molecule has 33 heavy (non-hydrogen) atoms. The number of amides is 1. The zero-order chi connectivity index (χ0) is 23.5. The van der Waals surface area contributed by atoms with Crippen molar-refractivity contribution in [2.45, 2.75) is 24.7 Å². The second-order valence-corrected chi connectivity index (χ2v) is 11.6. The van der Waals surface area contributed by atoms with Crippen molar-refractivity contribution in [3.63, 3.8) is 0 Å². The van der Waals surface area contributed by atoms with Crippen LogP contribution in [0.4, 0.5) is 4.39 Å². The largest absolute Gasteiger partial charge is 0.387 e. The highest BCUT2D eigenvalue weighted by Crippen LogP contribution is 2.44. The van der Waals surface area contributed by atoms with E-state index in [1.807, 2.05) is 18.2 Å². The highest BCUT2D eigenvalue weighted by atomic mass is 35.5. The predicted octanol–water partition coefficient (Wildman–Crippen LogP) is 3.61. The van der Waals surface area contributed by atoms with E-state index in [4.69, 9.17) is 32.8 Å². The number of rotatable bonds is 4. The minimum Gasteiger partial charge on any atom is -0.387 e. The average Bonchev–Trinajstić information content (AvgIpc) is 3.34. The van der Waals surface area contributed by atoms with Crippen LogP contribution in [0.5, 0.6) is 0 Å². The number of likely N-dealkylation sites (tertiary alicyclic amines) is 1. The lowest BCUT2D eigenvalue weighted by Gasteiger charge is -2.47. The van der Waals surface area contributed by atoms with Gasteiger partial charge in [0, 0.05) is 12.7 Å². The Morgan fingerprint density at radius 1 is 1.24 bits per heavy atom. The number of carbonyl (C=O) groups is 1. The number of benzene rings is 2. The summed E-state index contributed by atoms with van der Waals surface area (Å²) < 4.78 is 42.5. The van der Waals surface area contributed by atoms with Gasteiger partial charge in [-0.15, -0.1) is 0 Å². The Balaban J connectivity index is 1.29. The number of ether oxygens (including phenoxy) is 1. The molecule has 1 fully saturated rings. The molecule has 3 heterocycles. The molecule has 7 nitrogen and oxygen atoms in total. The van der Waals surface area contributed by atoms with E-state index in [-0.39, 0.29) is 10.0 Å². The normalized spacial score (nSPS) is 20.9. The third-order valence-electron chi connectivity index (χ3n) is 6.11. The van der Waals surface area contributed by atoms with Crippen LogP contribution >= 0.6 is 23.2 Å². The number of fused-ring (bicyclic) bond motifs is 2. The van der Waals surface area contributed by atoms with Crippen molar-refractivity contribution in [3.05, 3.63) is 68.4 Å². The summed E-state index contributed by atoms with van der Waals surface area (Å²) in [7, 11) is -3.38. The summed E-state index contributed by atoms with van der Waals surface area (Å²) in [4.78, 5) is 19.2. The van der Waals surface area contributed by atoms with E-state index in [1.54, 1.807) is 0 Å². The molecule has 174 valence electrons. The molecule has 3 aliphatic rings. The zero-order valence-electron chi connectivity index (χ0n) is 17.5. The summed E-state index contributed by atoms with van der Waals surface area (Å²) in [6, 6.07) is 8.84. The van der Waals surface area contributed by atoms with Gasteiger partial charge in [-0.2, -0.15) is 0 Å². The van der Waals surface area contributed by atoms with Crippen LogP contribution in [0.2, 0.25) is 10.0 Å². The topological polar surface area (TPSA) is 85.3 Å². The first kappa shape index (κ1) is 22.6. The maximum Gasteiger partial charge on any atom is 0.237 e. The predicted molar refractivity (Wildman–Crippen MR) is 121 cm³/mol. The first-order chi connectivity index (χ1) is 15.5. The van der Waals surface area contributed by atoms with Crippen molar-refractivity contribution in [2.24, 2.45) is 5.16 Å². The number of hydrogen-bond donors (Lipinski definition) is 0. The molecule has 0 aliphatic carbocycles. The summed E-state index contributed by atoms with van der Waals surface area (Å²) in [6.07, 6.45) is 1.09. The fraction of sp³-hybridized carbons (Fsp3) is 0.364. The minimum atomic E-state index is -3.38. The lowest BCUT2D eigenvalue weighted by atomic mass is 9.84. The van der Waals surface area contributed by atoms with Crippen molar-refractivity contribution in [2.75, 3.05) is 25.1 Å². The molecule has 2 aromatic rings. The standard InChI is InChI=1S/C22H19Cl2FN2O5S/c1-33(29,30)9-20(28)27-10-22(11-27)15-3-2-12(4-14(15)8-31-22)18-7-19(32-26-18)13-5-16(23)21(25)17(24)6-13/h2-6,19H,7-11H2,1H3/t19-/m0/s1. The van der Waals surface area contributed by atoms with E-state index < -0.39 is 39.0 Å². The summed E-state index contributed by atoms with van der Waals surface area (Å²) in [6.45, 7) is 1.04. The highest BCUT2D eigenvalue weighted by Gasteiger charge is 2.51. The minimum absolute atomic E-state index is 0.0703. The van der Waals surface area contributed by atoms with E-state index >= 15 is 0 Å². The van der Waals surface area contributed by atoms with Gasteiger partial charge in [0.25, 0.3) is 0 Å². The summed E-state index contributed by atoms with van der Waals surface area (Å²) in [5.74, 6) is -1.58. The monoisotopic (exact) mass is 512 g/mol. The maximum atomic E-state index is 13.7. The van der Waals surface area contributed by atoms with E-state index in [0.29, 0.717) is 31.7 Å². The van der Waals surface area contributed by atoms with Gasteiger partial charge in [0.15, 0.2) is 21.8 Å². The molecule has 1 spiro atoms. The third kappa shape index (κ3) is 4.12. The smallest absolute Gasteiger partial charge is 0.237 e. The Bertz CT molecular complexity index is 1280. The number of halogens is 3. The van der Waals surface area contributed by atoms with Gasteiger partial charge in [-0.25, -0.2) is 12.8 Å². The molecule has 1 atom stereocenters. The Morgan fingerprint density at radius 3 is 2.61 bits per heavy atom. The average molecular weight is 513 g/mol. The van der Waals surface area contributed by atoms with Gasteiger partial charge >= 0.3 is 0 Å². The van der Waals surface area contributed by atoms with Crippen molar-refractivity contribution < 1.29 is 27.2 Å². The molecular formula is C22H19Cl2FN2O5S. The van der Waals surface area contributed by atoms with Crippen LogP contribution in [0.15, 0.2) is 35.5 Å². The Labute approximate surface area is 200 Å². The van der Waals surface area contributed by atoms with Crippen molar-refractivity contribution >= 4 is 44.7 Å². The molecule has 0 bridgehead atoms. The van der Waals surface area contributed by atoms with Crippen LogP contribution in [-0.4, -0.2) is 50.0 Å². The number of oxime groups is 1. The second kappa shape index (κ2) is 7.94. The van der Waals surface area contributed by atoms with Gasteiger partial charge in [-0.3, -0.25) is 4.79 Å². The molecule has 2 aromatic carbocycles. The van der Waals surface area contributed by atoms with Gasteiger partial charge in [-0.1, -0.05) is 40.5 Å². The van der Waals surface area contributed by atoms with Gasteiger partial charge in [-0.05, 0) is 40.5 Å². The fourth-order valence-electron chi connectivity index (χ4n) is 4.44. The van der Waals surface area contributed by atoms with Gasteiger partial charge < -0.3 is 14.5 Å². The van der Waals surface area contributed by atoms with Crippen molar-refractivity contribution in [1.82, 2.24) is 4.90 Å². The number of hydrogen-bond acceptors (Lipinski definition) is 6. The van der Waals surface area contributed by atoms with Crippen molar-refractivity contribution in [3.8, 4) is 0 Å². The van der Waals surface area contributed by atoms with Crippen LogP contribution in [0, 0.1) is 5.82 Å². The molecule has 0 aromatic heterocycles. The summed E-state index contributed by atoms with van der Waals surface area (Å²) >= 11 is 11.8. The van der Waals surface area contributed by atoms with Crippen LogP contribution in [0.25, 0.3) is 0 Å². The zero-order valence-corrected chi connectivity index (χ0v) is 19.8. The quantitative estimate of drug-likeness (QED) is 0.584. The Kier molecular flexibility index (Phi) is 5.43. The first-order valence-electron chi connectivity index (χ1n) is 10.1. The van der Waals surface area contributed by atoms with Crippen molar-refractivity contribution in [1.29, 1.82) is 0 Å². The van der Waals surface area contributed by atoms with E-state index in [1.165, 1.54) is 17.0 Å². The second-order valence-electron chi connectivity index (χ2n) is 8.61. The van der Waals surface area contributed by atoms with E-state index in [0.717, 1.165) is 28.7 Å². The first-order valence-corrected chi connectivity index (χ1v) is 13.0. The molecule has 1 saturated heterocycles. The SMILES string of the molecule is CS(=O)(=O)CC(=O)N1CC2(C1)OCc1cc(C3=NO[C@H](c4cc(Cl)c(F)c(Cl)c4)C3)ccc12. The third-order valence-corrected chi connectivity index (χ3v) is 7.43. The molecular weight excluding hydrogens is 494 g/mol. The molecule has 1 amide bonds. The number of nitrogens with zero attached hydrogens (tertiary/aromatic N) is 2. The van der Waals surface area contributed by atoms with Crippen LogP contribution in [0.3, 0.4) is 0 Å². The van der Waals surface area contributed by atoms with E-state index in [2.05, 4.69) is 5.16 Å². The maximum absolute atomic E-state index is 13.7. The highest BCUT2D eigenvalue weighted by molar-refractivity contribution is 7.91. The Morgan fingerprint density at radius 2 is 1.94 bits per heavy atom. The van der Waals surface area contributed by atoms with Gasteiger partial charge in [0.05, 0.1) is 35.5 Å². The van der Waals surface area contributed by atoms with Crippen LogP contribution < -0.4 is 0 Å². The van der Waals surface area contributed by atoms with Gasteiger partial charge in [0.2, 0.25) is 5.91 Å². The fourth-order valence-corrected chi connectivity index (χ4v) is 5.58. The molecule has 11 heteroatoms. The number of carbonyl (C=O) groups excluding carboxylic acids is 1. The lowest BCUT2D eigenvalue weighted by molar-refractivity contribution is -0.166. The number of sulfone groups is 1. The summed E-state index contributed by atoms with van der Waals surface area (Å²) in [5, 5.41) is 4.06. The molecule has 0 unspecified atom stereocenters. The van der Waals surface area contributed by atoms with Crippen LogP contribution in [-0.2, 0) is 36.4 Å². The molecule has 0 saturated carbocycles. The van der Waals surface area contributed by atoms with Gasteiger partial charge in [0.1, 0.15) is 11.4 Å². The molecule has 0 N–H and O–H groups in total. The molecule has 0 radical (unpaired) electrons. The Hall–Kier alpha value is -2.20. The lowest BCUT2D eigenvalue weighted by Crippen LogP contribution is -2.62. The van der Waals surface area contributed by atoms with E-state index in [9.17, 15) is 17.6 Å². The molecule has 3 aliphatic heterocycles. The molecule has 5 rings (SSSR count).